The van der Waals surface area contributed by atoms with Crippen LogP contribution in [0.25, 0.3) is 0 Å². The topological polar surface area (TPSA) is 55.1 Å². The predicted molar refractivity (Wildman–Crippen MR) is 69.0 cm³/mol. The Morgan fingerprint density at radius 3 is 2.44 bits per heavy atom. The summed E-state index contributed by atoms with van der Waals surface area (Å²) in [6.45, 7) is 3.87. The summed E-state index contributed by atoms with van der Waals surface area (Å²) in [6.07, 6.45) is 0.319. The number of carbonyl (C=O) groups is 1. The Labute approximate surface area is 105 Å². The van der Waals surface area contributed by atoms with Crippen LogP contribution in [0.5, 0.6) is 0 Å². The van der Waals surface area contributed by atoms with Crippen LogP contribution in [0.2, 0.25) is 0 Å². The lowest BCUT2D eigenvalue weighted by atomic mass is 10.0. The van der Waals surface area contributed by atoms with E-state index in [0.29, 0.717) is 6.42 Å². The highest BCUT2D eigenvalue weighted by molar-refractivity contribution is 9.10. The van der Waals surface area contributed by atoms with Crippen molar-refractivity contribution in [2.45, 2.75) is 32.4 Å². The molecule has 0 aliphatic heterocycles. The largest absolute Gasteiger partial charge is 0.354 e. The van der Waals surface area contributed by atoms with E-state index >= 15 is 0 Å². The molecule has 1 aromatic carbocycles. The second-order valence-corrected chi connectivity index (χ2v) is 5.00. The standard InChI is InChI=1S/C12H17BrN2O/c1-8(2)15-12(16)7-11(14)9-3-5-10(13)6-4-9/h3-6,8,11H,7,14H2,1-2H3,(H,15,16). The lowest BCUT2D eigenvalue weighted by molar-refractivity contribution is -0.121. The summed E-state index contributed by atoms with van der Waals surface area (Å²) in [5, 5.41) is 2.83. The number of carbonyl (C=O) groups excluding carboxylic acids is 1. The second-order valence-electron chi connectivity index (χ2n) is 4.08. The SMILES string of the molecule is CC(C)NC(=O)CC(N)c1ccc(Br)cc1. The highest BCUT2D eigenvalue weighted by Gasteiger charge is 2.11. The van der Waals surface area contributed by atoms with Crippen LogP contribution in [0.15, 0.2) is 28.7 Å². The van der Waals surface area contributed by atoms with Crippen molar-refractivity contribution < 1.29 is 4.79 Å². The molecule has 0 radical (unpaired) electrons. The van der Waals surface area contributed by atoms with Gasteiger partial charge < -0.3 is 11.1 Å². The molecule has 0 aromatic heterocycles. The van der Waals surface area contributed by atoms with Crippen molar-refractivity contribution in [3.8, 4) is 0 Å². The number of nitrogens with one attached hydrogen (secondary N) is 1. The molecule has 0 saturated carbocycles. The molecule has 4 heteroatoms. The van der Waals surface area contributed by atoms with Crippen LogP contribution < -0.4 is 11.1 Å². The first kappa shape index (κ1) is 13.2. The first-order chi connectivity index (χ1) is 7.49. The highest BCUT2D eigenvalue weighted by atomic mass is 79.9. The van der Waals surface area contributed by atoms with Gasteiger partial charge in [-0.2, -0.15) is 0 Å². The Hall–Kier alpha value is -0.870. The maximum atomic E-state index is 11.5. The van der Waals surface area contributed by atoms with E-state index in [1.807, 2.05) is 38.1 Å². The number of hydrogen-bond acceptors (Lipinski definition) is 2. The van der Waals surface area contributed by atoms with Gasteiger partial charge >= 0.3 is 0 Å². The molecule has 0 aliphatic carbocycles. The maximum Gasteiger partial charge on any atom is 0.222 e. The van der Waals surface area contributed by atoms with E-state index in [9.17, 15) is 4.79 Å². The summed E-state index contributed by atoms with van der Waals surface area (Å²) in [5.41, 5.74) is 6.92. The van der Waals surface area contributed by atoms with Gasteiger partial charge in [0, 0.05) is 23.0 Å². The molecule has 0 heterocycles. The van der Waals surface area contributed by atoms with E-state index in [1.165, 1.54) is 0 Å². The monoisotopic (exact) mass is 284 g/mol. The molecule has 0 aliphatic rings. The molecule has 0 spiro atoms. The summed E-state index contributed by atoms with van der Waals surface area (Å²) in [6, 6.07) is 7.62. The summed E-state index contributed by atoms with van der Waals surface area (Å²) in [4.78, 5) is 11.5. The van der Waals surface area contributed by atoms with Gasteiger partial charge in [0.15, 0.2) is 0 Å². The van der Waals surface area contributed by atoms with Crippen LogP contribution in [0.3, 0.4) is 0 Å². The van der Waals surface area contributed by atoms with Crippen molar-refractivity contribution in [2.24, 2.45) is 5.73 Å². The molecule has 0 fully saturated rings. The number of halogens is 1. The van der Waals surface area contributed by atoms with Gasteiger partial charge in [0.2, 0.25) is 5.91 Å². The minimum absolute atomic E-state index is 0.00887. The van der Waals surface area contributed by atoms with Gasteiger partial charge in [0.1, 0.15) is 0 Å². The van der Waals surface area contributed by atoms with Crippen molar-refractivity contribution in [3.63, 3.8) is 0 Å². The summed E-state index contributed by atoms with van der Waals surface area (Å²) in [5.74, 6) is -0.00887. The smallest absolute Gasteiger partial charge is 0.222 e. The quantitative estimate of drug-likeness (QED) is 0.892. The Morgan fingerprint density at radius 2 is 1.94 bits per heavy atom. The highest BCUT2D eigenvalue weighted by Crippen LogP contribution is 2.17. The molecule has 3 N–H and O–H groups in total. The number of amides is 1. The van der Waals surface area contributed by atoms with Crippen molar-refractivity contribution in [1.29, 1.82) is 0 Å². The molecule has 88 valence electrons. The van der Waals surface area contributed by atoms with Crippen LogP contribution in [0, 0.1) is 0 Å². The molecular formula is C12H17BrN2O. The Balaban J connectivity index is 2.55. The molecule has 1 amide bonds. The molecule has 1 atom stereocenters. The van der Waals surface area contributed by atoms with E-state index in [-0.39, 0.29) is 18.0 Å². The van der Waals surface area contributed by atoms with Gasteiger partial charge in [-0.05, 0) is 31.5 Å². The van der Waals surface area contributed by atoms with Crippen molar-refractivity contribution in [3.05, 3.63) is 34.3 Å². The molecule has 1 aromatic rings. The van der Waals surface area contributed by atoms with E-state index < -0.39 is 0 Å². The molecule has 1 rings (SSSR count). The van der Waals surface area contributed by atoms with Gasteiger partial charge in [-0.15, -0.1) is 0 Å². The molecule has 1 unspecified atom stereocenters. The summed E-state index contributed by atoms with van der Waals surface area (Å²) < 4.78 is 1.01. The third kappa shape index (κ3) is 4.33. The van der Waals surface area contributed by atoms with Gasteiger partial charge in [0.25, 0.3) is 0 Å². The van der Waals surface area contributed by atoms with Gasteiger partial charge in [-0.25, -0.2) is 0 Å². The normalized spacial score (nSPS) is 12.6. The Bertz CT molecular complexity index is 349. The summed E-state index contributed by atoms with van der Waals surface area (Å²) in [7, 11) is 0. The fraction of sp³-hybridized carbons (Fsp3) is 0.417. The van der Waals surface area contributed by atoms with E-state index in [1.54, 1.807) is 0 Å². The van der Waals surface area contributed by atoms with Crippen molar-refractivity contribution in [2.75, 3.05) is 0 Å². The zero-order valence-corrected chi connectivity index (χ0v) is 11.1. The van der Waals surface area contributed by atoms with Gasteiger partial charge in [-0.1, -0.05) is 28.1 Å². The predicted octanol–water partition coefficient (Wildman–Crippen LogP) is 2.36. The lowest BCUT2D eigenvalue weighted by Gasteiger charge is -2.13. The molecule has 0 saturated heterocycles. The first-order valence-electron chi connectivity index (χ1n) is 5.29. The lowest BCUT2D eigenvalue weighted by Crippen LogP contribution is -2.32. The van der Waals surface area contributed by atoms with Crippen LogP contribution in [0.4, 0.5) is 0 Å². The molecular weight excluding hydrogens is 268 g/mol. The maximum absolute atomic E-state index is 11.5. The fourth-order valence-electron chi connectivity index (χ4n) is 1.41. The zero-order valence-electron chi connectivity index (χ0n) is 9.53. The Kier molecular flexibility index (Phi) is 4.96. The minimum atomic E-state index is -0.244. The molecule has 3 nitrogen and oxygen atoms in total. The van der Waals surface area contributed by atoms with Crippen LogP contribution in [0.1, 0.15) is 31.9 Å². The second kappa shape index (κ2) is 6.01. The number of hydrogen-bond donors (Lipinski definition) is 2. The average molecular weight is 285 g/mol. The first-order valence-corrected chi connectivity index (χ1v) is 6.08. The van der Waals surface area contributed by atoms with Crippen LogP contribution >= 0.6 is 15.9 Å². The number of nitrogens with two attached hydrogens (primary N) is 1. The van der Waals surface area contributed by atoms with Gasteiger partial charge in [-0.3, -0.25) is 4.79 Å². The molecule has 0 bridgehead atoms. The number of benzene rings is 1. The van der Waals surface area contributed by atoms with E-state index in [4.69, 9.17) is 5.73 Å². The fourth-order valence-corrected chi connectivity index (χ4v) is 1.67. The van der Waals surface area contributed by atoms with Crippen molar-refractivity contribution >= 4 is 21.8 Å². The van der Waals surface area contributed by atoms with E-state index in [0.717, 1.165) is 10.0 Å². The third-order valence-corrected chi connectivity index (χ3v) is 2.68. The average Bonchev–Trinajstić information content (AvgIpc) is 2.16. The third-order valence-electron chi connectivity index (χ3n) is 2.15. The number of rotatable bonds is 4. The zero-order chi connectivity index (χ0) is 12.1. The molecule has 16 heavy (non-hydrogen) atoms. The minimum Gasteiger partial charge on any atom is -0.354 e. The van der Waals surface area contributed by atoms with Crippen LogP contribution in [-0.2, 0) is 4.79 Å². The van der Waals surface area contributed by atoms with Gasteiger partial charge in [0.05, 0.1) is 0 Å². The summed E-state index contributed by atoms with van der Waals surface area (Å²) >= 11 is 3.36. The van der Waals surface area contributed by atoms with Crippen molar-refractivity contribution in [1.82, 2.24) is 5.32 Å². The Morgan fingerprint density at radius 1 is 1.38 bits per heavy atom. The van der Waals surface area contributed by atoms with E-state index in [2.05, 4.69) is 21.2 Å². The van der Waals surface area contributed by atoms with Crippen LogP contribution in [-0.4, -0.2) is 11.9 Å².